The fourth-order valence-electron chi connectivity index (χ4n) is 4.60. The average Bonchev–Trinajstić information content (AvgIpc) is 3.14. The van der Waals surface area contributed by atoms with Crippen molar-refractivity contribution in [2.24, 2.45) is 5.92 Å². The third-order valence-electron chi connectivity index (χ3n) is 6.07. The number of aryl methyl sites for hydroxylation is 1. The molecule has 2 aliphatic heterocycles. The highest BCUT2D eigenvalue weighted by molar-refractivity contribution is 9.10. The Balaban J connectivity index is 1.40. The SMILES string of the molecule is Cc1nc(C(=O)N2C(COc3ccc(Br)cc3)CC3CC2C3)c(-c2ccccc2)s1. The van der Waals surface area contributed by atoms with Crippen molar-refractivity contribution < 1.29 is 9.53 Å². The molecule has 0 radical (unpaired) electrons. The molecular weight excluding hydrogens is 460 g/mol. The number of fused-ring (bicyclic) bond motifs is 2. The van der Waals surface area contributed by atoms with E-state index >= 15 is 0 Å². The van der Waals surface area contributed by atoms with Gasteiger partial charge in [0.25, 0.3) is 5.91 Å². The fraction of sp³-hybridized carbons (Fsp3) is 0.333. The minimum Gasteiger partial charge on any atom is -0.491 e. The Hall–Kier alpha value is -2.18. The Morgan fingerprint density at radius 1 is 1.13 bits per heavy atom. The van der Waals surface area contributed by atoms with Crippen LogP contribution in [-0.2, 0) is 0 Å². The molecule has 1 aromatic heterocycles. The first-order valence-electron chi connectivity index (χ1n) is 10.3. The Morgan fingerprint density at radius 2 is 1.87 bits per heavy atom. The molecule has 6 rings (SSSR count). The van der Waals surface area contributed by atoms with Crippen molar-refractivity contribution in [1.29, 1.82) is 0 Å². The molecule has 154 valence electrons. The van der Waals surface area contributed by atoms with E-state index in [-0.39, 0.29) is 11.9 Å². The summed E-state index contributed by atoms with van der Waals surface area (Å²) in [6.45, 7) is 2.49. The zero-order valence-corrected chi connectivity index (χ0v) is 19.2. The quantitative estimate of drug-likeness (QED) is 0.450. The summed E-state index contributed by atoms with van der Waals surface area (Å²) in [7, 11) is 0. The molecule has 1 unspecified atom stereocenters. The summed E-state index contributed by atoms with van der Waals surface area (Å²) in [5.74, 6) is 1.59. The number of nitrogens with zero attached hydrogens (tertiary/aromatic N) is 2. The van der Waals surface area contributed by atoms with E-state index in [9.17, 15) is 4.79 Å². The zero-order valence-electron chi connectivity index (χ0n) is 16.8. The van der Waals surface area contributed by atoms with Gasteiger partial charge in [0, 0.05) is 10.5 Å². The van der Waals surface area contributed by atoms with Crippen LogP contribution in [0.5, 0.6) is 5.75 Å². The number of ether oxygens (including phenoxy) is 1. The van der Waals surface area contributed by atoms with Gasteiger partial charge in [-0.2, -0.15) is 0 Å². The third-order valence-corrected chi connectivity index (χ3v) is 7.61. The van der Waals surface area contributed by atoms with Gasteiger partial charge in [0.1, 0.15) is 18.1 Å². The van der Waals surface area contributed by atoms with Gasteiger partial charge in [-0.3, -0.25) is 4.79 Å². The number of carbonyl (C=O) groups excluding carboxylic acids is 1. The van der Waals surface area contributed by atoms with Crippen LogP contribution < -0.4 is 4.74 Å². The zero-order chi connectivity index (χ0) is 20.7. The molecule has 1 aliphatic carbocycles. The van der Waals surface area contributed by atoms with Crippen LogP contribution in [0, 0.1) is 12.8 Å². The number of amides is 1. The molecule has 3 aromatic rings. The van der Waals surface area contributed by atoms with Crippen LogP contribution in [0.1, 0.15) is 34.8 Å². The predicted molar refractivity (Wildman–Crippen MR) is 123 cm³/mol. The summed E-state index contributed by atoms with van der Waals surface area (Å²) in [5, 5.41) is 0.920. The van der Waals surface area contributed by atoms with Crippen molar-refractivity contribution in [3.8, 4) is 16.2 Å². The van der Waals surface area contributed by atoms with Crippen molar-refractivity contribution >= 4 is 33.2 Å². The monoisotopic (exact) mass is 482 g/mol. The fourth-order valence-corrected chi connectivity index (χ4v) is 5.78. The van der Waals surface area contributed by atoms with Crippen molar-refractivity contribution in [3.05, 3.63) is 69.8 Å². The molecule has 3 heterocycles. The minimum atomic E-state index is 0.0470. The number of halogens is 1. The van der Waals surface area contributed by atoms with Crippen molar-refractivity contribution in [2.45, 2.75) is 38.3 Å². The van der Waals surface area contributed by atoms with Gasteiger partial charge in [-0.25, -0.2) is 4.98 Å². The number of rotatable bonds is 5. The lowest BCUT2D eigenvalue weighted by Crippen LogP contribution is -2.60. The van der Waals surface area contributed by atoms with E-state index in [1.165, 1.54) is 0 Å². The van der Waals surface area contributed by atoms with Gasteiger partial charge in [0.05, 0.1) is 15.9 Å². The standard InChI is InChI=1S/C24H23BrN2O2S/c1-15-26-22(23(30-15)17-5-3-2-4-6-17)24(28)27-19-11-16(12-19)13-20(27)14-29-21-9-7-18(25)8-10-21/h2-10,16,19-20H,11-14H2,1H3. The molecule has 0 spiro atoms. The van der Waals surface area contributed by atoms with E-state index in [1.807, 2.05) is 61.5 Å². The number of carbonyl (C=O) groups is 1. The van der Waals surface area contributed by atoms with Gasteiger partial charge in [-0.15, -0.1) is 11.3 Å². The van der Waals surface area contributed by atoms with Crippen LogP contribution >= 0.6 is 27.3 Å². The third kappa shape index (κ3) is 3.79. The Bertz CT molecular complexity index is 1040. The van der Waals surface area contributed by atoms with E-state index < -0.39 is 0 Å². The summed E-state index contributed by atoms with van der Waals surface area (Å²) in [5.41, 5.74) is 1.64. The summed E-state index contributed by atoms with van der Waals surface area (Å²) < 4.78 is 7.10. The summed E-state index contributed by atoms with van der Waals surface area (Å²) in [6.07, 6.45) is 3.21. The molecule has 4 nitrogen and oxygen atoms in total. The van der Waals surface area contributed by atoms with Crippen molar-refractivity contribution in [2.75, 3.05) is 6.61 Å². The molecule has 3 aliphatic rings. The van der Waals surface area contributed by atoms with Gasteiger partial charge in [0.2, 0.25) is 0 Å². The maximum Gasteiger partial charge on any atom is 0.274 e. The number of aromatic nitrogens is 1. The normalized spacial score (nSPS) is 22.5. The van der Waals surface area contributed by atoms with E-state index in [2.05, 4.69) is 25.8 Å². The van der Waals surface area contributed by atoms with Gasteiger partial charge in [0.15, 0.2) is 0 Å². The highest BCUT2D eigenvalue weighted by Crippen LogP contribution is 2.44. The van der Waals surface area contributed by atoms with Crippen LogP contribution in [0.15, 0.2) is 59.1 Å². The Morgan fingerprint density at radius 3 is 2.60 bits per heavy atom. The van der Waals surface area contributed by atoms with Crippen LogP contribution in [0.3, 0.4) is 0 Å². The second-order valence-electron chi connectivity index (χ2n) is 8.13. The Kier molecular flexibility index (Phi) is 5.37. The molecule has 2 aromatic carbocycles. The van der Waals surface area contributed by atoms with Gasteiger partial charge < -0.3 is 9.64 Å². The van der Waals surface area contributed by atoms with Crippen molar-refractivity contribution in [3.63, 3.8) is 0 Å². The lowest BCUT2D eigenvalue weighted by molar-refractivity contribution is -0.0308. The molecule has 1 saturated carbocycles. The van der Waals surface area contributed by atoms with Crippen LogP contribution in [0.2, 0.25) is 0 Å². The first kappa shape index (κ1) is 19.8. The highest BCUT2D eigenvalue weighted by Gasteiger charge is 2.47. The minimum absolute atomic E-state index is 0.0470. The van der Waals surface area contributed by atoms with Gasteiger partial charge in [-0.05, 0) is 61.9 Å². The predicted octanol–water partition coefficient (Wildman–Crippen LogP) is 5.95. The first-order valence-corrected chi connectivity index (χ1v) is 11.9. The molecular formula is C24H23BrN2O2S. The molecule has 3 fully saturated rings. The number of thiazole rings is 1. The van der Waals surface area contributed by atoms with E-state index in [1.54, 1.807) is 11.3 Å². The number of hydrogen-bond donors (Lipinski definition) is 0. The maximum atomic E-state index is 13.7. The summed E-state index contributed by atoms with van der Waals surface area (Å²) in [6, 6.07) is 18.4. The lowest BCUT2D eigenvalue weighted by Gasteiger charge is -2.53. The molecule has 6 heteroatoms. The molecule has 1 atom stereocenters. The molecule has 30 heavy (non-hydrogen) atoms. The molecule has 1 amide bonds. The van der Waals surface area contributed by atoms with Crippen LogP contribution in [0.25, 0.3) is 10.4 Å². The van der Waals surface area contributed by atoms with Crippen LogP contribution in [0.4, 0.5) is 0 Å². The molecule has 2 bridgehead atoms. The second kappa shape index (κ2) is 8.16. The lowest BCUT2D eigenvalue weighted by atomic mass is 9.70. The van der Waals surface area contributed by atoms with Gasteiger partial charge >= 0.3 is 0 Å². The van der Waals surface area contributed by atoms with Crippen LogP contribution in [-0.4, -0.2) is 34.5 Å². The highest BCUT2D eigenvalue weighted by atomic mass is 79.9. The topological polar surface area (TPSA) is 42.4 Å². The first-order chi connectivity index (χ1) is 14.6. The number of piperidine rings is 2. The van der Waals surface area contributed by atoms with Crippen molar-refractivity contribution in [1.82, 2.24) is 9.88 Å². The number of benzene rings is 2. The largest absolute Gasteiger partial charge is 0.491 e. The maximum absolute atomic E-state index is 13.7. The summed E-state index contributed by atoms with van der Waals surface area (Å²) in [4.78, 5) is 21.4. The smallest absolute Gasteiger partial charge is 0.274 e. The Labute approximate surface area is 189 Å². The van der Waals surface area contributed by atoms with E-state index in [0.717, 1.165) is 44.9 Å². The van der Waals surface area contributed by atoms with Gasteiger partial charge in [-0.1, -0.05) is 46.3 Å². The summed E-state index contributed by atoms with van der Waals surface area (Å²) >= 11 is 5.05. The second-order valence-corrected chi connectivity index (χ2v) is 10.3. The molecule has 2 saturated heterocycles. The average molecular weight is 483 g/mol. The van der Waals surface area contributed by atoms with E-state index in [0.29, 0.717) is 24.3 Å². The van der Waals surface area contributed by atoms with E-state index in [4.69, 9.17) is 4.74 Å². The molecule has 0 N–H and O–H groups in total. The number of hydrogen-bond acceptors (Lipinski definition) is 4.